The Morgan fingerprint density at radius 3 is 1.96 bits per heavy atom. The van der Waals surface area contributed by atoms with Crippen molar-refractivity contribution in [3.8, 4) is 5.75 Å². The van der Waals surface area contributed by atoms with Crippen LogP contribution >= 0.6 is 0 Å². The Labute approximate surface area is 158 Å². The molecule has 4 nitrogen and oxygen atoms in total. The highest BCUT2D eigenvalue weighted by molar-refractivity contribution is 5.98. The predicted octanol–water partition coefficient (Wildman–Crippen LogP) is 4.14. The highest BCUT2D eigenvalue weighted by Gasteiger charge is 2.29. The summed E-state index contributed by atoms with van der Waals surface area (Å²) in [5.41, 5.74) is 1.93. The number of nitrogens with zero attached hydrogens (tertiary/aromatic N) is 1. The summed E-state index contributed by atoms with van der Waals surface area (Å²) >= 11 is 0. The molecule has 1 fully saturated rings. The molecule has 1 heterocycles. The van der Waals surface area contributed by atoms with Gasteiger partial charge in [-0.15, -0.1) is 0 Å². The topological polar surface area (TPSA) is 49.8 Å². The van der Waals surface area contributed by atoms with Crippen molar-refractivity contribution in [3.63, 3.8) is 0 Å². The lowest BCUT2D eigenvalue weighted by atomic mass is 9.77. The third-order valence-electron chi connectivity index (χ3n) is 5.09. The maximum absolute atomic E-state index is 13.1. The van der Waals surface area contributed by atoms with Gasteiger partial charge in [-0.1, -0.05) is 48.5 Å². The number of phenolic OH excluding ortho intramolecular Hbond substituents is 1. The van der Waals surface area contributed by atoms with Crippen molar-refractivity contribution in [2.75, 3.05) is 32.8 Å². The fourth-order valence-corrected chi connectivity index (χ4v) is 3.46. The molecule has 1 aliphatic rings. The summed E-state index contributed by atoms with van der Waals surface area (Å²) in [4.78, 5) is 15.4. The first-order chi connectivity index (χ1) is 11.9. The molecule has 0 radical (unpaired) electrons. The van der Waals surface area contributed by atoms with Crippen LogP contribution in [0, 0.1) is 5.92 Å². The van der Waals surface area contributed by atoms with Gasteiger partial charge in [0.25, 0.3) is 0 Å². The first kappa shape index (κ1) is 20.9. The van der Waals surface area contributed by atoms with Crippen LogP contribution in [0.5, 0.6) is 5.75 Å². The number of carbonyl (C=O) groups is 1. The van der Waals surface area contributed by atoms with Gasteiger partial charge in [-0.2, -0.15) is 0 Å². The van der Waals surface area contributed by atoms with Gasteiger partial charge in [-0.05, 0) is 23.0 Å². The van der Waals surface area contributed by atoms with E-state index in [1.165, 1.54) is 0 Å². The second-order valence-electron chi connectivity index (χ2n) is 9.60. The molecule has 1 aromatic rings. The van der Waals surface area contributed by atoms with Gasteiger partial charge in [0.1, 0.15) is 5.75 Å². The molecule has 2 rings (SSSR count). The zero-order valence-corrected chi connectivity index (χ0v) is 17.5. The fraction of sp³-hybridized carbons (Fsp3) is 0.682. The number of phenols is 1. The fourth-order valence-electron chi connectivity index (χ4n) is 3.46. The number of morpholine rings is 1. The van der Waals surface area contributed by atoms with Gasteiger partial charge in [0.15, 0.2) is 5.78 Å². The third kappa shape index (κ3) is 4.86. The largest absolute Gasteiger partial charge is 0.507 e. The van der Waals surface area contributed by atoms with E-state index in [2.05, 4.69) is 46.4 Å². The smallest absolute Gasteiger partial charge is 0.166 e. The van der Waals surface area contributed by atoms with Crippen LogP contribution in [0.4, 0.5) is 0 Å². The Balaban J connectivity index is 2.36. The van der Waals surface area contributed by atoms with Crippen LogP contribution in [-0.2, 0) is 15.6 Å². The zero-order valence-electron chi connectivity index (χ0n) is 17.5. The zero-order chi connectivity index (χ0) is 19.7. The summed E-state index contributed by atoms with van der Waals surface area (Å²) < 4.78 is 5.39. The van der Waals surface area contributed by atoms with Gasteiger partial charge in [0.2, 0.25) is 0 Å². The van der Waals surface area contributed by atoms with E-state index in [1.807, 2.05) is 19.1 Å². The predicted molar refractivity (Wildman–Crippen MR) is 106 cm³/mol. The number of carbonyl (C=O) groups excluding carboxylic acids is 1. The van der Waals surface area contributed by atoms with Crippen LogP contribution in [-0.4, -0.2) is 48.6 Å². The molecule has 1 N–H and O–H groups in total. The molecule has 0 spiro atoms. The average molecular weight is 362 g/mol. The Hall–Kier alpha value is -1.39. The van der Waals surface area contributed by atoms with Gasteiger partial charge < -0.3 is 9.84 Å². The summed E-state index contributed by atoms with van der Waals surface area (Å²) in [7, 11) is 0. The van der Waals surface area contributed by atoms with Gasteiger partial charge in [0, 0.05) is 42.2 Å². The molecule has 1 unspecified atom stereocenters. The molecule has 1 aromatic carbocycles. The molecule has 4 heteroatoms. The van der Waals surface area contributed by atoms with Crippen molar-refractivity contribution in [1.29, 1.82) is 0 Å². The van der Waals surface area contributed by atoms with Gasteiger partial charge in [-0.3, -0.25) is 9.69 Å². The number of Topliss-reactive ketones (excluding diaryl/α,β-unsaturated/α-hetero) is 1. The maximum atomic E-state index is 13.1. The summed E-state index contributed by atoms with van der Waals surface area (Å²) in [5.74, 6) is 0.383. The quantitative estimate of drug-likeness (QED) is 0.819. The van der Waals surface area contributed by atoms with Gasteiger partial charge in [0.05, 0.1) is 13.2 Å². The molecule has 1 saturated heterocycles. The molecule has 0 saturated carbocycles. The third-order valence-corrected chi connectivity index (χ3v) is 5.09. The minimum absolute atomic E-state index is 0.0849. The van der Waals surface area contributed by atoms with Crippen LogP contribution in [0.2, 0.25) is 0 Å². The number of ketones is 1. The molecule has 26 heavy (non-hydrogen) atoms. The summed E-state index contributed by atoms with van der Waals surface area (Å²) in [6.07, 6.45) is 0. The van der Waals surface area contributed by atoms with Crippen molar-refractivity contribution in [3.05, 3.63) is 28.8 Å². The minimum Gasteiger partial charge on any atom is -0.507 e. The van der Waals surface area contributed by atoms with Crippen molar-refractivity contribution in [1.82, 2.24) is 4.90 Å². The molecule has 0 bridgehead atoms. The Morgan fingerprint density at radius 1 is 1.08 bits per heavy atom. The van der Waals surface area contributed by atoms with Crippen LogP contribution in [0.3, 0.4) is 0 Å². The van der Waals surface area contributed by atoms with E-state index < -0.39 is 0 Å². The van der Waals surface area contributed by atoms with Crippen molar-refractivity contribution in [2.45, 2.75) is 59.3 Å². The number of aromatic hydroxyl groups is 1. The normalized spacial score (nSPS) is 18.0. The summed E-state index contributed by atoms with van der Waals surface area (Å²) in [6, 6.07) is 3.78. The van der Waals surface area contributed by atoms with Crippen molar-refractivity contribution in [2.24, 2.45) is 5.92 Å². The minimum atomic E-state index is -0.228. The first-order valence-corrected chi connectivity index (χ1v) is 9.63. The number of rotatable bonds is 4. The van der Waals surface area contributed by atoms with E-state index in [9.17, 15) is 9.90 Å². The number of ether oxygens (including phenoxy) is 1. The first-order valence-electron chi connectivity index (χ1n) is 9.63. The number of hydrogen-bond donors (Lipinski definition) is 1. The van der Waals surface area contributed by atoms with E-state index in [1.54, 1.807) is 0 Å². The average Bonchev–Trinajstić information content (AvgIpc) is 2.53. The Morgan fingerprint density at radius 2 is 1.54 bits per heavy atom. The molecule has 1 atom stereocenters. The van der Waals surface area contributed by atoms with E-state index in [0.29, 0.717) is 11.3 Å². The lowest BCUT2D eigenvalue weighted by Crippen LogP contribution is -2.40. The van der Waals surface area contributed by atoms with Crippen LogP contribution in [0.1, 0.15) is 70.0 Å². The molecule has 1 aliphatic heterocycles. The van der Waals surface area contributed by atoms with Gasteiger partial charge in [-0.25, -0.2) is 0 Å². The molecule has 0 aliphatic carbocycles. The highest BCUT2D eigenvalue weighted by Crippen LogP contribution is 2.40. The molecular weight excluding hydrogens is 326 g/mol. The van der Waals surface area contributed by atoms with Crippen LogP contribution < -0.4 is 0 Å². The van der Waals surface area contributed by atoms with Crippen LogP contribution in [0.15, 0.2) is 12.1 Å². The van der Waals surface area contributed by atoms with E-state index in [4.69, 9.17) is 4.74 Å². The van der Waals surface area contributed by atoms with Crippen molar-refractivity contribution < 1.29 is 14.6 Å². The molecule has 0 aromatic heterocycles. The number of hydrogen-bond acceptors (Lipinski definition) is 4. The van der Waals surface area contributed by atoms with Crippen LogP contribution in [0.25, 0.3) is 0 Å². The molecular formula is C22H35NO3. The maximum Gasteiger partial charge on any atom is 0.166 e. The summed E-state index contributed by atoms with van der Waals surface area (Å²) in [6.45, 7) is 18.4. The molecule has 0 amide bonds. The lowest BCUT2D eigenvalue weighted by Gasteiger charge is -2.30. The SMILES string of the molecule is CC(CN1CCOCC1)C(=O)c1cc(C(C)(C)C)c(O)c(C(C)(C)C)c1. The molecule has 146 valence electrons. The van der Waals surface area contributed by atoms with Crippen molar-refractivity contribution >= 4 is 5.78 Å². The van der Waals surface area contributed by atoms with E-state index in [0.717, 1.165) is 44.0 Å². The second-order valence-corrected chi connectivity index (χ2v) is 9.60. The number of benzene rings is 1. The highest BCUT2D eigenvalue weighted by atomic mass is 16.5. The van der Waals surface area contributed by atoms with E-state index in [-0.39, 0.29) is 22.5 Å². The monoisotopic (exact) mass is 361 g/mol. The van der Waals surface area contributed by atoms with E-state index >= 15 is 0 Å². The second kappa shape index (κ2) is 7.69. The standard InChI is InChI=1S/C22H35NO3/c1-15(14-23-8-10-26-11-9-23)19(24)16-12-17(21(2,3)4)20(25)18(13-16)22(5,6)7/h12-13,15,25H,8-11,14H2,1-7H3. The Bertz CT molecular complexity index is 611. The lowest BCUT2D eigenvalue weighted by molar-refractivity contribution is 0.0313. The van der Waals surface area contributed by atoms with Gasteiger partial charge >= 0.3 is 0 Å². The summed E-state index contributed by atoms with van der Waals surface area (Å²) in [5, 5.41) is 10.8. The Kier molecular flexibility index (Phi) is 6.19.